The SMILES string of the molecule is N#Cc1cccc(S(=O)(=O)NC/C=C/CCl)c1. The molecule has 17 heavy (non-hydrogen) atoms. The maximum absolute atomic E-state index is 11.8. The second-order valence-corrected chi connectivity index (χ2v) is 5.19. The molecule has 1 rings (SSSR count). The van der Waals surface area contributed by atoms with Crippen LogP contribution in [0.1, 0.15) is 5.56 Å². The molecule has 6 heteroatoms. The predicted octanol–water partition coefficient (Wildman–Crippen LogP) is 1.63. The van der Waals surface area contributed by atoms with Crippen LogP contribution in [0.5, 0.6) is 0 Å². The Balaban J connectivity index is 2.83. The van der Waals surface area contributed by atoms with Crippen LogP contribution in [0.2, 0.25) is 0 Å². The fraction of sp³-hybridized carbons (Fsp3) is 0.182. The molecule has 1 N–H and O–H groups in total. The predicted molar refractivity (Wildman–Crippen MR) is 66.2 cm³/mol. The summed E-state index contributed by atoms with van der Waals surface area (Å²) in [6.45, 7) is 0.172. The molecule has 0 amide bonds. The standard InChI is InChI=1S/C11H11ClN2O2S/c12-6-1-2-7-14-17(15,16)11-5-3-4-10(8-11)9-13/h1-5,8,14H,6-7H2/b2-1+. The van der Waals surface area contributed by atoms with Crippen molar-refractivity contribution in [2.24, 2.45) is 0 Å². The second-order valence-electron chi connectivity index (χ2n) is 3.12. The number of benzene rings is 1. The molecule has 90 valence electrons. The van der Waals surface area contributed by atoms with Crippen molar-refractivity contribution in [2.75, 3.05) is 12.4 Å². The zero-order valence-corrected chi connectivity index (χ0v) is 10.5. The van der Waals surface area contributed by atoms with E-state index < -0.39 is 10.0 Å². The summed E-state index contributed by atoms with van der Waals surface area (Å²) >= 11 is 5.41. The zero-order valence-electron chi connectivity index (χ0n) is 8.93. The topological polar surface area (TPSA) is 70.0 Å². The van der Waals surface area contributed by atoms with E-state index in [1.807, 2.05) is 6.07 Å². The Morgan fingerprint density at radius 2 is 2.18 bits per heavy atom. The van der Waals surface area contributed by atoms with Gasteiger partial charge in [-0.05, 0) is 18.2 Å². The van der Waals surface area contributed by atoms with Crippen molar-refractivity contribution >= 4 is 21.6 Å². The van der Waals surface area contributed by atoms with Gasteiger partial charge in [-0.3, -0.25) is 0 Å². The lowest BCUT2D eigenvalue weighted by molar-refractivity contribution is 0.585. The number of nitriles is 1. The molecule has 1 aromatic rings. The Hall–Kier alpha value is -1.35. The summed E-state index contributed by atoms with van der Waals surface area (Å²) < 4.78 is 25.9. The Labute approximate surface area is 106 Å². The Kier molecular flexibility index (Phi) is 5.16. The average molecular weight is 271 g/mol. The van der Waals surface area contributed by atoms with Crippen molar-refractivity contribution in [1.82, 2.24) is 4.72 Å². The van der Waals surface area contributed by atoms with Crippen LogP contribution in [0, 0.1) is 11.3 Å². The molecule has 0 saturated carbocycles. The highest BCUT2D eigenvalue weighted by Gasteiger charge is 2.12. The normalized spacial score (nSPS) is 11.5. The van der Waals surface area contributed by atoms with Crippen molar-refractivity contribution in [2.45, 2.75) is 4.90 Å². The van der Waals surface area contributed by atoms with Crippen LogP contribution in [0.25, 0.3) is 0 Å². The molecule has 0 atom stereocenters. The van der Waals surface area contributed by atoms with Gasteiger partial charge < -0.3 is 0 Å². The molecule has 0 aliphatic heterocycles. The number of halogens is 1. The number of allylic oxidation sites excluding steroid dienone is 1. The van der Waals surface area contributed by atoms with Crippen LogP contribution >= 0.6 is 11.6 Å². The Morgan fingerprint density at radius 3 is 2.82 bits per heavy atom. The third-order valence-corrected chi connectivity index (χ3v) is 3.52. The monoisotopic (exact) mass is 270 g/mol. The summed E-state index contributed by atoms with van der Waals surface area (Å²) in [6, 6.07) is 7.74. The lowest BCUT2D eigenvalue weighted by Crippen LogP contribution is -2.23. The van der Waals surface area contributed by atoms with Crippen LogP contribution in [-0.2, 0) is 10.0 Å². The summed E-state index contributed by atoms with van der Waals surface area (Å²) in [5.41, 5.74) is 0.309. The second kappa shape index (κ2) is 6.40. The molecule has 0 radical (unpaired) electrons. The van der Waals surface area contributed by atoms with Gasteiger partial charge in [0, 0.05) is 12.4 Å². The first-order valence-electron chi connectivity index (χ1n) is 4.81. The quantitative estimate of drug-likeness (QED) is 0.653. The highest BCUT2D eigenvalue weighted by Crippen LogP contribution is 2.10. The van der Waals surface area contributed by atoms with Gasteiger partial charge in [0.25, 0.3) is 0 Å². The summed E-state index contributed by atoms with van der Waals surface area (Å²) in [4.78, 5) is 0.0795. The van der Waals surface area contributed by atoms with Gasteiger partial charge in [0.05, 0.1) is 16.5 Å². The van der Waals surface area contributed by atoms with Gasteiger partial charge in [-0.15, -0.1) is 11.6 Å². The molecule has 0 saturated heterocycles. The van der Waals surface area contributed by atoms with Crippen LogP contribution < -0.4 is 4.72 Å². The Morgan fingerprint density at radius 1 is 1.41 bits per heavy atom. The number of hydrogen-bond acceptors (Lipinski definition) is 3. The molecule has 4 nitrogen and oxygen atoms in total. The molecule has 1 aromatic carbocycles. The summed E-state index contributed by atoms with van der Waals surface area (Å²) in [5.74, 6) is 0.339. The van der Waals surface area contributed by atoms with E-state index in [2.05, 4.69) is 4.72 Å². The van der Waals surface area contributed by atoms with Crippen molar-refractivity contribution < 1.29 is 8.42 Å². The maximum Gasteiger partial charge on any atom is 0.240 e. The number of alkyl halides is 1. The third kappa shape index (κ3) is 4.19. The molecule has 0 bridgehead atoms. The fourth-order valence-corrected chi connectivity index (χ4v) is 2.27. The summed E-state index contributed by atoms with van der Waals surface area (Å²) in [7, 11) is -3.57. The minimum atomic E-state index is -3.57. The van der Waals surface area contributed by atoms with Gasteiger partial charge in [-0.1, -0.05) is 18.2 Å². The first-order valence-corrected chi connectivity index (χ1v) is 6.82. The van der Waals surface area contributed by atoms with E-state index in [1.165, 1.54) is 18.2 Å². The van der Waals surface area contributed by atoms with Gasteiger partial charge in [0.1, 0.15) is 0 Å². The minimum Gasteiger partial charge on any atom is -0.207 e. The molecule has 0 aliphatic carbocycles. The highest BCUT2D eigenvalue weighted by atomic mass is 35.5. The average Bonchev–Trinajstić information content (AvgIpc) is 2.35. The number of sulfonamides is 1. The molecule has 0 heterocycles. The largest absolute Gasteiger partial charge is 0.240 e. The van der Waals surface area contributed by atoms with E-state index in [0.717, 1.165) is 0 Å². The van der Waals surface area contributed by atoms with Crippen molar-refractivity contribution in [3.8, 4) is 6.07 Å². The molecule has 0 aromatic heterocycles. The van der Waals surface area contributed by atoms with Gasteiger partial charge in [-0.2, -0.15) is 5.26 Å². The van der Waals surface area contributed by atoms with Gasteiger partial charge in [0.15, 0.2) is 0 Å². The molecule has 0 spiro atoms. The lowest BCUT2D eigenvalue weighted by Gasteiger charge is -2.04. The van der Waals surface area contributed by atoms with Crippen molar-refractivity contribution in [1.29, 1.82) is 5.26 Å². The van der Waals surface area contributed by atoms with Crippen molar-refractivity contribution in [3.05, 3.63) is 42.0 Å². The fourth-order valence-electron chi connectivity index (χ4n) is 1.12. The number of nitrogens with one attached hydrogen (secondary N) is 1. The first-order chi connectivity index (χ1) is 8.10. The van der Waals surface area contributed by atoms with Crippen LogP contribution in [0.15, 0.2) is 41.3 Å². The minimum absolute atomic E-state index is 0.0795. The lowest BCUT2D eigenvalue weighted by atomic mass is 10.2. The Bertz CT molecular complexity index is 547. The number of rotatable bonds is 5. The van der Waals surface area contributed by atoms with E-state index >= 15 is 0 Å². The van der Waals surface area contributed by atoms with E-state index in [4.69, 9.17) is 16.9 Å². The van der Waals surface area contributed by atoms with Crippen LogP contribution in [0.4, 0.5) is 0 Å². The molecular weight excluding hydrogens is 260 g/mol. The summed E-state index contributed by atoms with van der Waals surface area (Å²) in [6.07, 6.45) is 3.27. The number of hydrogen-bond donors (Lipinski definition) is 1. The van der Waals surface area contributed by atoms with Crippen molar-refractivity contribution in [3.63, 3.8) is 0 Å². The molecular formula is C11H11ClN2O2S. The van der Waals surface area contributed by atoms with E-state index in [0.29, 0.717) is 11.4 Å². The molecule has 0 aliphatic rings. The zero-order chi connectivity index (χ0) is 12.7. The maximum atomic E-state index is 11.8. The molecule has 0 fully saturated rings. The smallest absolute Gasteiger partial charge is 0.207 e. The summed E-state index contributed by atoms with van der Waals surface area (Å²) in [5, 5.41) is 8.68. The first kappa shape index (κ1) is 13.7. The van der Waals surface area contributed by atoms with Gasteiger partial charge in [0.2, 0.25) is 10.0 Å². The van der Waals surface area contributed by atoms with E-state index in [9.17, 15) is 8.42 Å². The molecule has 0 unspecified atom stereocenters. The van der Waals surface area contributed by atoms with Crippen LogP contribution in [0.3, 0.4) is 0 Å². The van der Waals surface area contributed by atoms with Crippen LogP contribution in [-0.4, -0.2) is 20.8 Å². The van der Waals surface area contributed by atoms with E-state index in [-0.39, 0.29) is 11.4 Å². The number of nitrogens with zero attached hydrogens (tertiary/aromatic N) is 1. The highest BCUT2D eigenvalue weighted by molar-refractivity contribution is 7.89. The van der Waals surface area contributed by atoms with Gasteiger partial charge in [-0.25, -0.2) is 13.1 Å². The van der Waals surface area contributed by atoms with Gasteiger partial charge >= 0.3 is 0 Å². The third-order valence-electron chi connectivity index (χ3n) is 1.92. The van der Waals surface area contributed by atoms with E-state index in [1.54, 1.807) is 18.2 Å².